The Morgan fingerprint density at radius 1 is 1.35 bits per heavy atom. The Morgan fingerprint density at radius 2 is 2.00 bits per heavy atom. The van der Waals surface area contributed by atoms with Gasteiger partial charge in [-0.2, -0.15) is 0 Å². The number of amides is 1. The molecule has 3 N–H and O–H groups in total. The second kappa shape index (κ2) is 6.40. The van der Waals surface area contributed by atoms with E-state index in [0.717, 1.165) is 6.42 Å². The minimum atomic E-state index is -0.0218. The van der Waals surface area contributed by atoms with Crippen molar-refractivity contribution in [1.82, 2.24) is 5.32 Å². The van der Waals surface area contributed by atoms with Crippen LogP contribution in [0, 0.1) is 12.8 Å². The Bertz CT molecular complexity index is 376. The molecule has 2 atom stereocenters. The first-order chi connectivity index (χ1) is 8.06. The Kier molecular flexibility index (Phi) is 5.16. The van der Waals surface area contributed by atoms with Crippen LogP contribution >= 0.6 is 0 Å². The highest BCUT2D eigenvalue weighted by Crippen LogP contribution is 2.17. The van der Waals surface area contributed by atoms with E-state index in [4.69, 9.17) is 5.73 Å². The molecule has 0 radical (unpaired) electrons. The lowest BCUT2D eigenvalue weighted by Crippen LogP contribution is -2.32. The molecule has 0 aliphatic carbocycles. The van der Waals surface area contributed by atoms with E-state index in [9.17, 15) is 4.79 Å². The summed E-state index contributed by atoms with van der Waals surface area (Å²) in [5.74, 6) is 0.0534. The maximum atomic E-state index is 11.9. The summed E-state index contributed by atoms with van der Waals surface area (Å²) in [4.78, 5) is 11.9. The van der Waals surface area contributed by atoms with Crippen LogP contribution in [-0.2, 0) is 4.79 Å². The summed E-state index contributed by atoms with van der Waals surface area (Å²) in [5.41, 5.74) is 7.82. The van der Waals surface area contributed by atoms with Crippen LogP contribution in [-0.4, -0.2) is 12.5 Å². The highest BCUT2D eigenvalue weighted by molar-refractivity contribution is 5.78. The number of hydrogen-bond acceptors (Lipinski definition) is 2. The van der Waals surface area contributed by atoms with E-state index in [0.29, 0.717) is 6.54 Å². The van der Waals surface area contributed by atoms with E-state index < -0.39 is 0 Å². The largest absolute Gasteiger partial charge is 0.349 e. The van der Waals surface area contributed by atoms with E-state index in [-0.39, 0.29) is 17.9 Å². The molecule has 0 fully saturated rings. The molecule has 0 aliphatic rings. The lowest BCUT2D eigenvalue weighted by molar-refractivity contribution is -0.125. The fraction of sp³-hybridized carbons (Fsp3) is 0.500. The van der Waals surface area contributed by atoms with Gasteiger partial charge in [0.2, 0.25) is 5.91 Å². The Labute approximate surface area is 103 Å². The predicted octanol–water partition coefficient (Wildman–Crippen LogP) is 2.16. The quantitative estimate of drug-likeness (QED) is 0.820. The van der Waals surface area contributed by atoms with E-state index in [1.165, 1.54) is 11.1 Å². The van der Waals surface area contributed by atoms with Gasteiger partial charge >= 0.3 is 0 Å². The third-order valence-electron chi connectivity index (χ3n) is 3.06. The number of nitrogens with two attached hydrogens (primary N) is 1. The average Bonchev–Trinajstić information content (AvgIpc) is 2.29. The molecule has 0 aromatic heterocycles. The van der Waals surface area contributed by atoms with Crippen LogP contribution in [0.1, 0.15) is 37.4 Å². The molecule has 0 spiro atoms. The summed E-state index contributed by atoms with van der Waals surface area (Å²) in [6.07, 6.45) is 0.728. The summed E-state index contributed by atoms with van der Waals surface area (Å²) in [6, 6.07) is 8.15. The van der Waals surface area contributed by atoms with Gasteiger partial charge < -0.3 is 11.1 Å². The summed E-state index contributed by atoms with van der Waals surface area (Å²) >= 11 is 0. The molecule has 0 aliphatic heterocycles. The minimum absolute atomic E-state index is 0.0218. The Hall–Kier alpha value is -1.35. The minimum Gasteiger partial charge on any atom is -0.349 e. The zero-order valence-corrected chi connectivity index (χ0v) is 10.9. The molecular formula is C14H22N2O. The van der Waals surface area contributed by atoms with Crippen molar-refractivity contribution in [2.24, 2.45) is 11.7 Å². The van der Waals surface area contributed by atoms with Crippen molar-refractivity contribution in [3.8, 4) is 0 Å². The molecule has 0 saturated heterocycles. The first-order valence-corrected chi connectivity index (χ1v) is 6.12. The standard InChI is InChI=1S/C14H22N2O/c1-10-6-4-5-7-13(10)12(3)16-14(17)11(2)8-9-15/h4-7,11-12H,8-9,15H2,1-3H3,(H,16,17)/t11?,12-/m1/s1. The molecule has 3 nitrogen and oxygen atoms in total. The summed E-state index contributed by atoms with van der Waals surface area (Å²) in [7, 11) is 0. The average molecular weight is 234 g/mol. The molecule has 0 heterocycles. The maximum absolute atomic E-state index is 11.9. The Balaban J connectivity index is 2.63. The van der Waals surface area contributed by atoms with Gasteiger partial charge in [-0.25, -0.2) is 0 Å². The lowest BCUT2D eigenvalue weighted by Gasteiger charge is -2.19. The van der Waals surface area contributed by atoms with E-state index >= 15 is 0 Å². The second-order valence-electron chi connectivity index (χ2n) is 4.57. The van der Waals surface area contributed by atoms with Gasteiger partial charge in [-0.15, -0.1) is 0 Å². The fourth-order valence-electron chi connectivity index (χ4n) is 1.89. The molecule has 1 rings (SSSR count). The van der Waals surface area contributed by atoms with Crippen LogP contribution < -0.4 is 11.1 Å². The highest BCUT2D eigenvalue weighted by Gasteiger charge is 2.16. The van der Waals surface area contributed by atoms with Crippen LogP contribution in [0.25, 0.3) is 0 Å². The van der Waals surface area contributed by atoms with Crippen LogP contribution in [0.5, 0.6) is 0 Å². The molecule has 3 heteroatoms. The molecule has 1 aromatic rings. The number of hydrogen-bond donors (Lipinski definition) is 2. The smallest absolute Gasteiger partial charge is 0.223 e. The number of benzene rings is 1. The molecular weight excluding hydrogens is 212 g/mol. The SMILES string of the molecule is Cc1ccccc1[C@@H](C)NC(=O)C(C)CCN. The molecule has 17 heavy (non-hydrogen) atoms. The van der Waals surface area contributed by atoms with E-state index in [1.807, 2.05) is 32.0 Å². The Morgan fingerprint density at radius 3 is 2.59 bits per heavy atom. The second-order valence-corrected chi connectivity index (χ2v) is 4.57. The molecule has 94 valence electrons. The van der Waals surface area contributed by atoms with Crippen molar-refractivity contribution in [3.63, 3.8) is 0 Å². The zero-order chi connectivity index (χ0) is 12.8. The first-order valence-electron chi connectivity index (χ1n) is 6.12. The van der Waals surface area contributed by atoms with E-state index in [1.54, 1.807) is 0 Å². The third kappa shape index (κ3) is 3.86. The van der Waals surface area contributed by atoms with E-state index in [2.05, 4.69) is 18.3 Å². The number of carbonyl (C=O) groups is 1. The van der Waals surface area contributed by atoms with Gasteiger partial charge in [-0.3, -0.25) is 4.79 Å². The van der Waals surface area contributed by atoms with Gasteiger partial charge in [-0.05, 0) is 37.9 Å². The zero-order valence-electron chi connectivity index (χ0n) is 10.9. The topological polar surface area (TPSA) is 55.1 Å². The molecule has 1 amide bonds. The summed E-state index contributed by atoms with van der Waals surface area (Å²) in [5, 5.41) is 3.03. The number of nitrogens with one attached hydrogen (secondary N) is 1. The van der Waals surface area contributed by atoms with Gasteiger partial charge in [0, 0.05) is 5.92 Å². The lowest BCUT2D eigenvalue weighted by atomic mass is 10.0. The van der Waals surface area contributed by atoms with Crippen molar-refractivity contribution >= 4 is 5.91 Å². The molecule has 1 aromatic carbocycles. The monoisotopic (exact) mass is 234 g/mol. The van der Waals surface area contributed by atoms with Gasteiger partial charge in [0.1, 0.15) is 0 Å². The normalized spacial score (nSPS) is 14.1. The van der Waals surface area contributed by atoms with Crippen molar-refractivity contribution in [2.75, 3.05) is 6.54 Å². The van der Waals surface area contributed by atoms with Crippen LogP contribution in [0.2, 0.25) is 0 Å². The van der Waals surface area contributed by atoms with Crippen molar-refractivity contribution in [3.05, 3.63) is 35.4 Å². The third-order valence-corrected chi connectivity index (χ3v) is 3.06. The maximum Gasteiger partial charge on any atom is 0.223 e. The number of carbonyl (C=O) groups excluding carboxylic acids is 1. The number of rotatable bonds is 5. The summed E-state index contributed by atoms with van der Waals surface area (Å²) < 4.78 is 0. The highest BCUT2D eigenvalue weighted by atomic mass is 16.1. The van der Waals surface area contributed by atoms with Gasteiger partial charge in [0.15, 0.2) is 0 Å². The molecule has 1 unspecified atom stereocenters. The molecule has 0 saturated carbocycles. The predicted molar refractivity (Wildman–Crippen MR) is 70.6 cm³/mol. The fourth-order valence-corrected chi connectivity index (χ4v) is 1.89. The summed E-state index contributed by atoms with van der Waals surface area (Å²) in [6.45, 7) is 6.52. The van der Waals surface area contributed by atoms with Crippen molar-refractivity contribution in [1.29, 1.82) is 0 Å². The van der Waals surface area contributed by atoms with Crippen LogP contribution in [0.15, 0.2) is 24.3 Å². The van der Waals surface area contributed by atoms with Crippen molar-refractivity contribution < 1.29 is 4.79 Å². The molecule has 0 bridgehead atoms. The van der Waals surface area contributed by atoms with Gasteiger partial charge in [-0.1, -0.05) is 31.2 Å². The van der Waals surface area contributed by atoms with Crippen molar-refractivity contribution in [2.45, 2.75) is 33.2 Å². The van der Waals surface area contributed by atoms with Gasteiger partial charge in [0.25, 0.3) is 0 Å². The number of aryl methyl sites for hydroxylation is 1. The van der Waals surface area contributed by atoms with Crippen LogP contribution in [0.3, 0.4) is 0 Å². The first kappa shape index (κ1) is 13.7. The van der Waals surface area contributed by atoms with Gasteiger partial charge in [0.05, 0.1) is 6.04 Å². The van der Waals surface area contributed by atoms with Crippen LogP contribution in [0.4, 0.5) is 0 Å².